The Balaban J connectivity index is 0.00000169. The van der Waals surface area contributed by atoms with Crippen molar-refractivity contribution >= 4 is 23.3 Å². The topological polar surface area (TPSA) is 37.6 Å². The van der Waals surface area contributed by atoms with Crippen LogP contribution < -0.4 is 0 Å². The van der Waals surface area contributed by atoms with Gasteiger partial charge in [0.25, 0.3) is 0 Å². The molecule has 1 aliphatic heterocycles. The van der Waals surface area contributed by atoms with Crippen LogP contribution >= 0.6 is 12.4 Å². The molecule has 1 fully saturated rings. The molecule has 0 radical (unpaired) electrons. The maximum absolute atomic E-state index is 10.6. The first-order chi connectivity index (χ1) is 11.3. The van der Waals surface area contributed by atoms with E-state index in [0.29, 0.717) is 6.54 Å². The lowest BCUT2D eigenvalue weighted by molar-refractivity contribution is 0.0116. The molecular weight excluding hydrogens is 324 g/mol. The van der Waals surface area contributed by atoms with E-state index in [1.165, 1.54) is 41.4 Å². The molecule has 1 aliphatic carbocycles. The van der Waals surface area contributed by atoms with Crippen molar-refractivity contribution in [1.29, 1.82) is 0 Å². The monoisotopic (exact) mass is 350 g/mol. The fraction of sp³-hybridized carbons (Fsp3) is 0.579. The Labute approximate surface area is 149 Å². The molecule has 1 unspecified atom stereocenters. The van der Waals surface area contributed by atoms with E-state index in [2.05, 4.69) is 33.7 Å². The van der Waals surface area contributed by atoms with Crippen LogP contribution in [0.5, 0.6) is 0 Å². The maximum atomic E-state index is 10.6. The Kier molecular flexibility index (Phi) is 5.82. The van der Waals surface area contributed by atoms with Crippen molar-refractivity contribution in [1.82, 2.24) is 9.47 Å². The molecule has 0 amide bonds. The van der Waals surface area contributed by atoms with Gasteiger partial charge in [-0.05, 0) is 37.3 Å². The van der Waals surface area contributed by atoms with Crippen molar-refractivity contribution in [3.05, 3.63) is 35.5 Å². The van der Waals surface area contributed by atoms with Crippen LogP contribution in [0.2, 0.25) is 0 Å². The summed E-state index contributed by atoms with van der Waals surface area (Å²) in [5.74, 6) is 0. The fourth-order valence-corrected chi connectivity index (χ4v) is 4.15. The summed E-state index contributed by atoms with van der Waals surface area (Å²) in [5.41, 5.74) is 4.27. The SMILES string of the molecule is Cl.OC(CN1CCOCC1)Cn1c2c(c3ccccc31)CCCC2. The smallest absolute Gasteiger partial charge is 0.0845 e. The summed E-state index contributed by atoms with van der Waals surface area (Å²) in [6.45, 7) is 4.88. The summed E-state index contributed by atoms with van der Waals surface area (Å²) < 4.78 is 7.77. The van der Waals surface area contributed by atoms with E-state index in [4.69, 9.17) is 4.74 Å². The van der Waals surface area contributed by atoms with Crippen LogP contribution in [0.25, 0.3) is 10.9 Å². The van der Waals surface area contributed by atoms with Gasteiger partial charge in [-0.15, -0.1) is 12.4 Å². The molecule has 1 aromatic carbocycles. The van der Waals surface area contributed by atoms with Crippen molar-refractivity contribution < 1.29 is 9.84 Å². The third-order valence-electron chi connectivity index (χ3n) is 5.25. The number of hydrogen-bond donors (Lipinski definition) is 1. The highest BCUT2D eigenvalue weighted by Crippen LogP contribution is 2.32. The summed E-state index contributed by atoms with van der Waals surface area (Å²) >= 11 is 0. The Morgan fingerprint density at radius 1 is 1.04 bits per heavy atom. The average molecular weight is 351 g/mol. The van der Waals surface area contributed by atoms with Gasteiger partial charge in [-0.3, -0.25) is 4.90 Å². The number of benzene rings is 1. The number of morpholine rings is 1. The van der Waals surface area contributed by atoms with E-state index in [1.54, 1.807) is 0 Å². The molecule has 5 heteroatoms. The minimum atomic E-state index is -0.324. The van der Waals surface area contributed by atoms with Gasteiger partial charge in [0, 0.05) is 36.2 Å². The summed E-state index contributed by atoms with van der Waals surface area (Å²) in [6.07, 6.45) is 4.56. The number of hydrogen-bond acceptors (Lipinski definition) is 3. The lowest BCUT2D eigenvalue weighted by atomic mass is 9.95. The number of ether oxygens (including phenoxy) is 1. The first kappa shape index (κ1) is 17.7. The quantitative estimate of drug-likeness (QED) is 0.921. The summed E-state index contributed by atoms with van der Waals surface area (Å²) in [6, 6.07) is 8.68. The zero-order valence-corrected chi connectivity index (χ0v) is 14.9. The van der Waals surface area contributed by atoms with Crippen LogP contribution in [-0.2, 0) is 24.1 Å². The van der Waals surface area contributed by atoms with E-state index in [-0.39, 0.29) is 18.5 Å². The molecule has 0 spiro atoms. The van der Waals surface area contributed by atoms with Gasteiger partial charge in [-0.1, -0.05) is 18.2 Å². The van der Waals surface area contributed by atoms with Crippen LogP contribution in [-0.4, -0.2) is 53.5 Å². The number of fused-ring (bicyclic) bond motifs is 3. The number of aliphatic hydroxyl groups is 1. The summed E-state index contributed by atoms with van der Waals surface area (Å²) in [4.78, 5) is 2.31. The van der Waals surface area contributed by atoms with E-state index >= 15 is 0 Å². The van der Waals surface area contributed by atoms with E-state index in [9.17, 15) is 5.11 Å². The first-order valence-corrected chi connectivity index (χ1v) is 8.90. The lowest BCUT2D eigenvalue weighted by Gasteiger charge is -2.29. The first-order valence-electron chi connectivity index (χ1n) is 8.90. The lowest BCUT2D eigenvalue weighted by Crippen LogP contribution is -2.42. The molecule has 0 saturated carbocycles. The molecular formula is C19H27ClN2O2. The molecule has 24 heavy (non-hydrogen) atoms. The van der Waals surface area contributed by atoms with Crippen molar-refractivity contribution in [3.63, 3.8) is 0 Å². The van der Waals surface area contributed by atoms with Crippen molar-refractivity contribution in [2.75, 3.05) is 32.8 Å². The van der Waals surface area contributed by atoms with Crippen molar-refractivity contribution in [3.8, 4) is 0 Å². The largest absolute Gasteiger partial charge is 0.390 e. The van der Waals surface area contributed by atoms with Gasteiger partial charge in [0.15, 0.2) is 0 Å². The van der Waals surface area contributed by atoms with Gasteiger partial charge in [0.2, 0.25) is 0 Å². The second kappa shape index (κ2) is 7.87. The highest BCUT2D eigenvalue weighted by Gasteiger charge is 2.22. The van der Waals surface area contributed by atoms with Crippen molar-refractivity contribution in [2.45, 2.75) is 38.3 Å². The van der Waals surface area contributed by atoms with Crippen LogP contribution in [0, 0.1) is 0 Å². The Morgan fingerprint density at radius 2 is 1.79 bits per heavy atom. The predicted octanol–water partition coefficient (Wildman–Crippen LogP) is 2.64. The van der Waals surface area contributed by atoms with E-state index < -0.39 is 0 Å². The van der Waals surface area contributed by atoms with Gasteiger partial charge in [0.1, 0.15) is 0 Å². The molecule has 2 heterocycles. The predicted molar refractivity (Wildman–Crippen MR) is 99.1 cm³/mol. The number of aromatic nitrogens is 1. The van der Waals surface area contributed by atoms with Crippen LogP contribution in [0.1, 0.15) is 24.1 Å². The van der Waals surface area contributed by atoms with Crippen LogP contribution in [0.15, 0.2) is 24.3 Å². The molecule has 1 aromatic heterocycles. The molecule has 4 rings (SSSR count). The Hall–Kier alpha value is -1.07. The summed E-state index contributed by atoms with van der Waals surface area (Å²) in [7, 11) is 0. The number of aliphatic hydroxyl groups excluding tert-OH is 1. The normalized spacial score (nSPS) is 19.7. The van der Waals surface area contributed by atoms with E-state index in [0.717, 1.165) is 39.3 Å². The van der Waals surface area contributed by atoms with Crippen LogP contribution in [0.4, 0.5) is 0 Å². The number of halogens is 1. The standard InChI is InChI=1S/C19H26N2O2.ClH/c22-15(13-20-9-11-23-12-10-20)14-21-18-7-3-1-5-16(18)17-6-2-4-8-19(17)21;/h1,3,5,7,15,22H,2,4,6,8-14H2;1H. The second-order valence-electron chi connectivity index (χ2n) is 6.83. The average Bonchev–Trinajstić information content (AvgIpc) is 2.90. The molecule has 4 nitrogen and oxygen atoms in total. The molecule has 2 aliphatic rings. The molecule has 1 atom stereocenters. The van der Waals surface area contributed by atoms with E-state index in [1.807, 2.05) is 0 Å². The van der Waals surface area contributed by atoms with Gasteiger partial charge in [0.05, 0.1) is 25.9 Å². The zero-order chi connectivity index (χ0) is 15.6. The molecule has 132 valence electrons. The minimum Gasteiger partial charge on any atom is -0.390 e. The fourth-order valence-electron chi connectivity index (χ4n) is 4.15. The van der Waals surface area contributed by atoms with Gasteiger partial charge in [-0.2, -0.15) is 0 Å². The Bertz CT molecular complexity index is 679. The summed E-state index contributed by atoms with van der Waals surface area (Å²) in [5, 5.41) is 12.0. The van der Waals surface area contributed by atoms with Gasteiger partial charge < -0.3 is 14.4 Å². The number of para-hydroxylation sites is 1. The molecule has 0 bridgehead atoms. The van der Waals surface area contributed by atoms with Gasteiger partial charge >= 0.3 is 0 Å². The maximum Gasteiger partial charge on any atom is 0.0845 e. The third-order valence-corrected chi connectivity index (χ3v) is 5.25. The zero-order valence-electron chi connectivity index (χ0n) is 14.1. The minimum absolute atomic E-state index is 0. The molecule has 1 N–H and O–H groups in total. The Morgan fingerprint density at radius 3 is 2.62 bits per heavy atom. The van der Waals surface area contributed by atoms with Gasteiger partial charge in [-0.25, -0.2) is 0 Å². The third kappa shape index (κ3) is 3.47. The second-order valence-corrected chi connectivity index (χ2v) is 6.83. The van der Waals surface area contributed by atoms with Crippen molar-refractivity contribution in [2.24, 2.45) is 0 Å². The molecule has 2 aromatic rings. The number of nitrogens with zero attached hydrogens (tertiary/aromatic N) is 2. The number of aryl methyl sites for hydroxylation is 1. The number of β-amino-alcohol motifs (C(OH)–C–C–N with tert-alkyl or cyclic N) is 1. The molecule has 1 saturated heterocycles. The highest BCUT2D eigenvalue weighted by molar-refractivity contribution is 5.86. The highest BCUT2D eigenvalue weighted by atomic mass is 35.5. The number of rotatable bonds is 4. The van der Waals surface area contributed by atoms with Crippen LogP contribution in [0.3, 0.4) is 0 Å².